The van der Waals surface area contributed by atoms with E-state index in [4.69, 9.17) is 4.74 Å². The topological polar surface area (TPSA) is 76.1 Å². The molecular formula is C14H22N4O2. The first-order chi connectivity index (χ1) is 9.69. The Kier molecular flexibility index (Phi) is 5.29. The first-order valence-corrected chi connectivity index (χ1v) is 7.17. The average Bonchev–Trinajstić information content (AvgIpc) is 2.98. The van der Waals surface area contributed by atoms with Crippen molar-refractivity contribution in [3.63, 3.8) is 0 Å². The van der Waals surface area contributed by atoms with Gasteiger partial charge in [-0.25, -0.2) is 9.97 Å². The zero-order chi connectivity index (χ0) is 14.4. The van der Waals surface area contributed by atoms with Gasteiger partial charge in [0.05, 0.1) is 6.10 Å². The summed E-state index contributed by atoms with van der Waals surface area (Å²) >= 11 is 0. The van der Waals surface area contributed by atoms with E-state index >= 15 is 0 Å². The zero-order valence-electron chi connectivity index (χ0n) is 12.1. The molecule has 110 valence electrons. The predicted octanol–water partition coefficient (Wildman–Crippen LogP) is 1.60. The van der Waals surface area contributed by atoms with E-state index < -0.39 is 0 Å². The van der Waals surface area contributed by atoms with Crippen LogP contribution in [0.4, 0.5) is 5.82 Å². The van der Waals surface area contributed by atoms with Gasteiger partial charge in [-0.2, -0.15) is 0 Å². The van der Waals surface area contributed by atoms with Crippen LogP contribution in [0, 0.1) is 0 Å². The lowest BCUT2D eigenvalue weighted by Crippen LogP contribution is -2.32. The van der Waals surface area contributed by atoms with Gasteiger partial charge in [0.1, 0.15) is 17.8 Å². The standard InChI is InChI=1S/C14H22N4O2/c1-3-10(2)18-13-7-12(16-9-17-13)14(19)15-8-11-5-4-6-20-11/h7,9-11H,3-6,8H2,1-2H3,(H,15,19)(H,16,17,18). The van der Waals surface area contributed by atoms with Crippen LogP contribution in [0.1, 0.15) is 43.6 Å². The maximum Gasteiger partial charge on any atom is 0.270 e. The summed E-state index contributed by atoms with van der Waals surface area (Å²) in [5, 5.41) is 6.08. The van der Waals surface area contributed by atoms with Crippen molar-refractivity contribution in [3.05, 3.63) is 18.1 Å². The van der Waals surface area contributed by atoms with Crippen LogP contribution in [0.3, 0.4) is 0 Å². The third-order valence-corrected chi connectivity index (χ3v) is 3.42. The molecule has 0 bridgehead atoms. The number of hydrogen-bond donors (Lipinski definition) is 2. The minimum atomic E-state index is -0.185. The maximum absolute atomic E-state index is 12.0. The summed E-state index contributed by atoms with van der Waals surface area (Å²) in [6, 6.07) is 1.99. The number of rotatable bonds is 6. The van der Waals surface area contributed by atoms with Crippen molar-refractivity contribution in [2.75, 3.05) is 18.5 Å². The quantitative estimate of drug-likeness (QED) is 0.826. The van der Waals surface area contributed by atoms with Gasteiger partial charge in [0.2, 0.25) is 0 Å². The van der Waals surface area contributed by atoms with E-state index in [0.29, 0.717) is 24.1 Å². The third kappa shape index (κ3) is 4.16. The number of amides is 1. The number of carbonyl (C=O) groups is 1. The van der Waals surface area contributed by atoms with Gasteiger partial charge in [-0.15, -0.1) is 0 Å². The smallest absolute Gasteiger partial charge is 0.270 e. The number of anilines is 1. The Morgan fingerprint density at radius 3 is 3.10 bits per heavy atom. The molecule has 0 saturated carbocycles. The van der Waals surface area contributed by atoms with Gasteiger partial charge in [0.15, 0.2) is 0 Å². The van der Waals surface area contributed by atoms with Gasteiger partial charge in [0.25, 0.3) is 5.91 Å². The van der Waals surface area contributed by atoms with Crippen molar-refractivity contribution in [2.24, 2.45) is 0 Å². The van der Waals surface area contributed by atoms with Crippen molar-refractivity contribution < 1.29 is 9.53 Å². The molecular weight excluding hydrogens is 256 g/mol. The SMILES string of the molecule is CCC(C)Nc1cc(C(=O)NCC2CCCO2)ncn1. The minimum absolute atomic E-state index is 0.137. The molecule has 6 nitrogen and oxygen atoms in total. The van der Waals surface area contributed by atoms with Gasteiger partial charge in [-0.05, 0) is 26.2 Å². The highest BCUT2D eigenvalue weighted by molar-refractivity contribution is 5.92. The highest BCUT2D eigenvalue weighted by Crippen LogP contribution is 2.11. The number of aromatic nitrogens is 2. The molecule has 0 radical (unpaired) electrons. The van der Waals surface area contributed by atoms with E-state index in [1.54, 1.807) is 6.07 Å². The van der Waals surface area contributed by atoms with Crippen LogP contribution in [-0.4, -0.2) is 41.2 Å². The van der Waals surface area contributed by atoms with Crippen molar-refractivity contribution >= 4 is 11.7 Å². The molecule has 0 spiro atoms. The van der Waals surface area contributed by atoms with Gasteiger partial charge in [-0.3, -0.25) is 4.79 Å². The van der Waals surface area contributed by atoms with Gasteiger partial charge in [0, 0.05) is 25.3 Å². The molecule has 2 unspecified atom stereocenters. The summed E-state index contributed by atoms with van der Waals surface area (Å²) in [6.45, 7) is 5.49. The molecule has 2 atom stereocenters. The maximum atomic E-state index is 12.0. The molecule has 0 aliphatic carbocycles. The normalized spacial score (nSPS) is 19.6. The molecule has 6 heteroatoms. The predicted molar refractivity (Wildman–Crippen MR) is 76.7 cm³/mol. The van der Waals surface area contributed by atoms with Crippen molar-refractivity contribution in [1.82, 2.24) is 15.3 Å². The van der Waals surface area contributed by atoms with Gasteiger partial charge in [-0.1, -0.05) is 6.92 Å². The summed E-state index contributed by atoms with van der Waals surface area (Å²) in [6.07, 6.45) is 4.61. The van der Waals surface area contributed by atoms with E-state index in [9.17, 15) is 4.79 Å². The molecule has 1 aromatic heterocycles. The Morgan fingerprint density at radius 2 is 2.40 bits per heavy atom. The Hall–Kier alpha value is -1.69. The van der Waals surface area contributed by atoms with Crippen molar-refractivity contribution in [2.45, 2.75) is 45.3 Å². The lowest BCUT2D eigenvalue weighted by molar-refractivity contribution is 0.0853. The fourth-order valence-corrected chi connectivity index (χ4v) is 2.02. The molecule has 1 aliphatic rings. The summed E-state index contributed by atoms with van der Waals surface area (Å²) < 4.78 is 5.47. The molecule has 2 heterocycles. The monoisotopic (exact) mass is 278 g/mol. The minimum Gasteiger partial charge on any atom is -0.376 e. The lowest BCUT2D eigenvalue weighted by atomic mass is 10.2. The highest BCUT2D eigenvalue weighted by Gasteiger charge is 2.17. The first kappa shape index (κ1) is 14.7. The molecule has 0 aromatic carbocycles. The number of nitrogens with one attached hydrogen (secondary N) is 2. The molecule has 1 aromatic rings. The van der Waals surface area contributed by atoms with E-state index in [1.165, 1.54) is 6.33 Å². The van der Waals surface area contributed by atoms with Crippen LogP contribution in [0.25, 0.3) is 0 Å². The van der Waals surface area contributed by atoms with E-state index in [1.807, 2.05) is 0 Å². The van der Waals surface area contributed by atoms with Gasteiger partial charge < -0.3 is 15.4 Å². The fraction of sp³-hybridized carbons (Fsp3) is 0.643. The van der Waals surface area contributed by atoms with E-state index in [2.05, 4.69) is 34.4 Å². The summed E-state index contributed by atoms with van der Waals surface area (Å²) in [7, 11) is 0. The highest BCUT2D eigenvalue weighted by atomic mass is 16.5. The molecule has 1 amide bonds. The van der Waals surface area contributed by atoms with Crippen LogP contribution in [0.5, 0.6) is 0 Å². The van der Waals surface area contributed by atoms with Crippen molar-refractivity contribution in [1.29, 1.82) is 0 Å². The van der Waals surface area contributed by atoms with Crippen LogP contribution in [-0.2, 0) is 4.74 Å². The molecule has 2 N–H and O–H groups in total. The van der Waals surface area contributed by atoms with E-state index in [-0.39, 0.29) is 12.0 Å². The fourth-order valence-electron chi connectivity index (χ4n) is 2.02. The van der Waals surface area contributed by atoms with Crippen LogP contribution in [0.2, 0.25) is 0 Å². The molecule has 1 aliphatic heterocycles. The number of nitrogens with zero attached hydrogens (tertiary/aromatic N) is 2. The average molecular weight is 278 g/mol. The van der Waals surface area contributed by atoms with Crippen LogP contribution < -0.4 is 10.6 Å². The number of ether oxygens (including phenoxy) is 1. The van der Waals surface area contributed by atoms with Crippen LogP contribution in [0.15, 0.2) is 12.4 Å². The second kappa shape index (κ2) is 7.19. The van der Waals surface area contributed by atoms with Crippen molar-refractivity contribution in [3.8, 4) is 0 Å². The van der Waals surface area contributed by atoms with E-state index in [0.717, 1.165) is 25.9 Å². The second-order valence-corrected chi connectivity index (χ2v) is 5.09. The first-order valence-electron chi connectivity index (χ1n) is 7.17. The largest absolute Gasteiger partial charge is 0.376 e. The lowest BCUT2D eigenvalue weighted by Gasteiger charge is -2.13. The summed E-state index contributed by atoms with van der Waals surface area (Å²) in [5.74, 6) is 0.492. The zero-order valence-corrected chi connectivity index (χ0v) is 12.1. The van der Waals surface area contributed by atoms with Gasteiger partial charge >= 0.3 is 0 Å². The Bertz CT molecular complexity index is 447. The van der Waals surface area contributed by atoms with Crippen LogP contribution >= 0.6 is 0 Å². The molecule has 1 saturated heterocycles. The summed E-state index contributed by atoms with van der Waals surface area (Å²) in [4.78, 5) is 20.2. The Balaban J connectivity index is 1.90. The third-order valence-electron chi connectivity index (χ3n) is 3.42. The number of carbonyl (C=O) groups excluding carboxylic acids is 1. The molecule has 1 fully saturated rings. The molecule has 2 rings (SSSR count). The molecule has 20 heavy (non-hydrogen) atoms. The Labute approximate surface area is 119 Å². The second-order valence-electron chi connectivity index (χ2n) is 5.09. The number of hydrogen-bond acceptors (Lipinski definition) is 5. The summed E-state index contributed by atoms with van der Waals surface area (Å²) in [5.41, 5.74) is 0.379. The Morgan fingerprint density at radius 1 is 1.55 bits per heavy atom.